The Morgan fingerprint density at radius 3 is 2.39 bits per heavy atom. The molecule has 1 aromatic rings. The van der Waals surface area contributed by atoms with Crippen molar-refractivity contribution in [1.82, 2.24) is 5.32 Å². The van der Waals surface area contributed by atoms with E-state index in [9.17, 15) is 27.9 Å². The van der Waals surface area contributed by atoms with Gasteiger partial charge in [0.15, 0.2) is 6.04 Å². The number of carbonyl (C=O) groups is 2. The number of hydrogen-bond donors (Lipinski definition) is 2. The van der Waals surface area contributed by atoms with Crippen LogP contribution in [-0.4, -0.2) is 23.2 Å². The minimum Gasteiger partial charge on any atom is -0.479 e. The molecule has 0 heterocycles. The Kier molecular flexibility index (Phi) is 5.28. The number of benzene rings is 1. The first-order valence-corrected chi connectivity index (χ1v) is 7.44. The summed E-state index contributed by atoms with van der Waals surface area (Å²) in [6.45, 7) is 0. The Labute approximate surface area is 131 Å². The monoisotopic (exact) mass is 329 g/mol. The van der Waals surface area contributed by atoms with E-state index in [0.29, 0.717) is 18.4 Å². The second kappa shape index (κ2) is 7.02. The minimum absolute atomic E-state index is 0.0221. The number of carbonyl (C=O) groups excluding carboxylic acids is 1. The standard InChI is InChI=1S/C16H18F3NO3/c17-16(18,19)12-8-4-7-11(9-12)14(21)20-13(15(22)23)10-5-2-1-3-6-10/h1-3,5-6,11-13H,4,7-9H2,(H,20,21)(H,22,23)/t11?,12?,13-/m1/s1. The molecule has 0 radical (unpaired) electrons. The maximum atomic E-state index is 12.8. The van der Waals surface area contributed by atoms with Crippen molar-refractivity contribution in [3.05, 3.63) is 35.9 Å². The van der Waals surface area contributed by atoms with E-state index in [4.69, 9.17) is 0 Å². The normalized spacial score (nSPS) is 23.1. The van der Waals surface area contributed by atoms with E-state index in [0.717, 1.165) is 0 Å². The summed E-state index contributed by atoms with van der Waals surface area (Å²) in [6.07, 6.45) is -3.92. The number of rotatable bonds is 4. The third kappa shape index (κ3) is 4.46. The largest absolute Gasteiger partial charge is 0.479 e. The average Bonchev–Trinajstić information content (AvgIpc) is 2.52. The molecular formula is C16H18F3NO3. The molecular weight excluding hydrogens is 311 g/mol. The summed E-state index contributed by atoms with van der Waals surface area (Å²) in [4.78, 5) is 23.6. The Hall–Kier alpha value is -2.05. The zero-order valence-corrected chi connectivity index (χ0v) is 12.3. The van der Waals surface area contributed by atoms with Gasteiger partial charge in [-0.2, -0.15) is 13.2 Å². The first-order chi connectivity index (χ1) is 10.8. The second-order valence-corrected chi connectivity index (χ2v) is 5.79. The van der Waals surface area contributed by atoms with Crippen LogP contribution in [0.2, 0.25) is 0 Å². The van der Waals surface area contributed by atoms with Crippen molar-refractivity contribution < 1.29 is 27.9 Å². The number of nitrogens with one attached hydrogen (secondary N) is 1. The smallest absolute Gasteiger partial charge is 0.391 e. The molecule has 2 N–H and O–H groups in total. The van der Waals surface area contributed by atoms with Crippen LogP contribution in [-0.2, 0) is 9.59 Å². The molecule has 1 amide bonds. The molecule has 0 bridgehead atoms. The summed E-state index contributed by atoms with van der Waals surface area (Å²) in [5, 5.41) is 11.6. The van der Waals surface area contributed by atoms with Crippen LogP contribution in [0.3, 0.4) is 0 Å². The number of hydrogen-bond acceptors (Lipinski definition) is 2. The maximum Gasteiger partial charge on any atom is 0.391 e. The van der Waals surface area contributed by atoms with Gasteiger partial charge in [0.05, 0.1) is 5.92 Å². The molecule has 0 saturated heterocycles. The van der Waals surface area contributed by atoms with Crippen LogP contribution in [0.25, 0.3) is 0 Å². The van der Waals surface area contributed by atoms with Crippen molar-refractivity contribution in [1.29, 1.82) is 0 Å². The highest BCUT2D eigenvalue weighted by atomic mass is 19.4. The Bertz CT molecular complexity index is 559. The zero-order chi connectivity index (χ0) is 17.0. The van der Waals surface area contributed by atoms with Crippen LogP contribution in [0.5, 0.6) is 0 Å². The van der Waals surface area contributed by atoms with Crippen molar-refractivity contribution in [3.8, 4) is 0 Å². The van der Waals surface area contributed by atoms with E-state index in [1.165, 1.54) is 0 Å². The van der Waals surface area contributed by atoms with Crippen LogP contribution in [0.4, 0.5) is 13.2 Å². The number of carboxylic acid groups (broad SMARTS) is 1. The molecule has 2 rings (SSSR count). The second-order valence-electron chi connectivity index (χ2n) is 5.79. The Morgan fingerprint density at radius 2 is 1.83 bits per heavy atom. The number of halogens is 3. The van der Waals surface area contributed by atoms with Gasteiger partial charge in [0.1, 0.15) is 0 Å². The third-order valence-electron chi connectivity index (χ3n) is 4.17. The van der Waals surface area contributed by atoms with E-state index in [1.54, 1.807) is 30.3 Å². The molecule has 7 heteroatoms. The van der Waals surface area contributed by atoms with Crippen molar-refractivity contribution >= 4 is 11.9 Å². The number of aliphatic carboxylic acids is 1. The molecule has 0 aliphatic heterocycles. The number of amides is 1. The zero-order valence-electron chi connectivity index (χ0n) is 12.3. The molecule has 3 atom stereocenters. The summed E-state index contributed by atoms with van der Waals surface area (Å²) in [5.41, 5.74) is 0.386. The summed E-state index contributed by atoms with van der Waals surface area (Å²) in [7, 11) is 0. The number of carboxylic acids is 1. The molecule has 1 fully saturated rings. The van der Waals surface area contributed by atoms with Gasteiger partial charge < -0.3 is 10.4 Å². The van der Waals surface area contributed by atoms with Crippen molar-refractivity contribution in [2.45, 2.75) is 37.9 Å². The maximum absolute atomic E-state index is 12.8. The SMILES string of the molecule is O=C(N[C@@H](C(=O)O)c1ccccc1)C1CCCC(C(F)(F)F)C1. The highest BCUT2D eigenvalue weighted by Gasteiger charge is 2.43. The van der Waals surface area contributed by atoms with Crippen molar-refractivity contribution in [2.24, 2.45) is 11.8 Å². The summed E-state index contributed by atoms with van der Waals surface area (Å²) in [6, 6.07) is 6.83. The van der Waals surface area contributed by atoms with Crippen LogP contribution in [0, 0.1) is 11.8 Å². The molecule has 2 unspecified atom stereocenters. The van der Waals surface area contributed by atoms with Crippen LogP contribution >= 0.6 is 0 Å². The van der Waals surface area contributed by atoms with Gasteiger partial charge in [-0.3, -0.25) is 4.79 Å². The molecule has 1 aliphatic rings. The molecule has 1 aliphatic carbocycles. The highest BCUT2D eigenvalue weighted by Crippen LogP contribution is 2.40. The molecule has 0 aromatic heterocycles. The van der Waals surface area contributed by atoms with E-state index >= 15 is 0 Å². The van der Waals surface area contributed by atoms with Crippen LogP contribution in [0.1, 0.15) is 37.3 Å². The van der Waals surface area contributed by atoms with E-state index in [-0.39, 0.29) is 12.8 Å². The molecule has 126 valence electrons. The van der Waals surface area contributed by atoms with Gasteiger partial charge in [-0.05, 0) is 24.8 Å². The van der Waals surface area contributed by atoms with E-state index in [2.05, 4.69) is 5.32 Å². The first-order valence-electron chi connectivity index (χ1n) is 7.44. The third-order valence-corrected chi connectivity index (χ3v) is 4.17. The van der Waals surface area contributed by atoms with Gasteiger partial charge in [-0.15, -0.1) is 0 Å². The molecule has 1 aromatic carbocycles. The summed E-state index contributed by atoms with van der Waals surface area (Å²) < 4.78 is 38.4. The molecule has 1 saturated carbocycles. The van der Waals surface area contributed by atoms with E-state index in [1.807, 2.05) is 0 Å². The fraction of sp³-hybridized carbons (Fsp3) is 0.500. The predicted octanol–water partition coefficient (Wildman–Crippen LogP) is 3.30. The van der Waals surface area contributed by atoms with E-state index < -0.39 is 35.9 Å². The quantitative estimate of drug-likeness (QED) is 0.891. The average molecular weight is 329 g/mol. The Morgan fingerprint density at radius 1 is 1.17 bits per heavy atom. The molecule has 4 nitrogen and oxygen atoms in total. The lowest BCUT2D eigenvalue weighted by atomic mass is 9.80. The Balaban J connectivity index is 2.06. The minimum atomic E-state index is -4.31. The lowest BCUT2D eigenvalue weighted by Crippen LogP contribution is -2.41. The van der Waals surface area contributed by atoms with Gasteiger partial charge in [-0.25, -0.2) is 4.79 Å². The number of alkyl halides is 3. The van der Waals surface area contributed by atoms with Crippen molar-refractivity contribution in [2.75, 3.05) is 0 Å². The predicted molar refractivity (Wildman–Crippen MR) is 76.5 cm³/mol. The van der Waals surface area contributed by atoms with Gasteiger partial charge in [0, 0.05) is 5.92 Å². The molecule has 0 spiro atoms. The summed E-state index contributed by atoms with van der Waals surface area (Å²) in [5.74, 6) is -4.17. The van der Waals surface area contributed by atoms with Gasteiger partial charge in [-0.1, -0.05) is 36.8 Å². The van der Waals surface area contributed by atoms with Crippen molar-refractivity contribution in [3.63, 3.8) is 0 Å². The van der Waals surface area contributed by atoms with Crippen LogP contribution < -0.4 is 5.32 Å². The van der Waals surface area contributed by atoms with Gasteiger partial charge in [0.2, 0.25) is 5.91 Å². The highest BCUT2D eigenvalue weighted by molar-refractivity contribution is 5.85. The van der Waals surface area contributed by atoms with Gasteiger partial charge >= 0.3 is 12.1 Å². The lowest BCUT2D eigenvalue weighted by Gasteiger charge is -2.30. The van der Waals surface area contributed by atoms with Crippen LogP contribution in [0.15, 0.2) is 30.3 Å². The lowest BCUT2D eigenvalue weighted by molar-refractivity contribution is -0.186. The molecule has 23 heavy (non-hydrogen) atoms. The first kappa shape index (κ1) is 17.3. The van der Waals surface area contributed by atoms with Gasteiger partial charge in [0.25, 0.3) is 0 Å². The summed E-state index contributed by atoms with van der Waals surface area (Å²) >= 11 is 0. The fourth-order valence-corrected chi connectivity index (χ4v) is 2.92. The topological polar surface area (TPSA) is 66.4 Å². The fourth-order valence-electron chi connectivity index (χ4n) is 2.92.